The van der Waals surface area contributed by atoms with Gasteiger partial charge in [0.25, 0.3) is 0 Å². The molecule has 0 N–H and O–H groups in total. The molecule has 6 aromatic carbocycles. The Labute approximate surface area is 264 Å². The van der Waals surface area contributed by atoms with Crippen LogP contribution >= 0.6 is 0 Å². The lowest BCUT2D eigenvalue weighted by atomic mass is 10.0. The highest BCUT2D eigenvalue weighted by atomic mass is 15.0. The minimum atomic E-state index is 0.997. The largest absolute Gasteiger partial charge is 0.309 e. The van der Waals surface area contributed by atoms with Crippen LogP contribution in [-0.4, -0.2) is 19.1 Å². The number of para-hydroxylation sites is 4. The normalized spacial score (nSPS) is 11.9. The number of hydrogen-bond donors (Lipinski definition) is 0. The van der Waals surface area contributed by atoms with Crippen molar-refractivity contribution in [1.29, 1.82) is 0 Å². The molecule has 4 heterocycles. The van der Waals surface area contributed by atoms with Crippen molar-refractivity contribution in [3.05, 3.63) is 158 Å². The second kappa shape index (κ2) is 9.62. The molecule has 4 heteroatoms. The van der Waals surface area contributed by atoms with Gasteiger partial charge in [-0.15, -0.1) is 0 Å². The Morgan fingerprint density at radius 1 is 0.348 bits per heavy atom. The molecule has 0 saturated carbocycles. The zero-order valence-electron chi connectivity index (χ0n) is 24.8. The van der Waals surface area contributed by atoms with Crippen LogP contribution in [0.3, 0.4) is 0 Å². The summed E-state index contributed by atoms with van der Waals surface area (Å²) < 4.78 is 4.76. The van der Waals surface area contributed by atoms with E-state index in [1.807, 2.05) is 12.4 Å². The van der Waals surface area contributed by atoms with Crippen molar-refractivity contribution in [3.8, 4) is 22.5 Å². The maximum Gasteiger partial charge on any atom is 0.0723 e. The summed E-state index contributed by atoms with van der Waals surface area (Å²) >= 11 is 0. The van der Waals surface area contributed by atoms with Gasteiger partial charge in [0.1, 0.15) is 0 Å². The zero-order valence-corrected chi connectivity index (χ0v) is 24.8. The fourth-order valence-corrected chi connectivity index (χ4v) is 7.31. The van der Waals surface area contributed by atoms with Crippen molar-refractivity contribution in [2.75, 3.05) is 0 Å². The van der Waals surface area contributed by atoms with E-state index in [0.29, 0.717) is 0 Å². The third kappa shape index (κ3) is 3.55. The van der Waals surface area contributed by atoms with E-state index in [0.717, 1.165) is 44.0 Å². The first kappa shape index (κ1) is 25.1. The predicted octanol–water partition coefficient (Wildman–Crippen LogP) is 10.6. The van der Waals surface area contributed by atoms with Crippen LogP contribution in [0.5, 0.6) is 0 Å². The summed E-state index contributed by atoms with van der Waals surface area (Å²) in [6.45, 7) is 0. The molecule has 4 nitrogen and oxygen atoms in total. The quantitative estimate of drug-likeness (QED) is 0.206. The number of nitrogens with zero attached hydrogens (tertiary/aromatic N) is 4. The van der Waals surface area contributed by atoms with Crippen molar-refractivity contribution in [2.45, 2.75) is 0 Å². The number of hydrogen-bond acceptors (Lipinski definition) is 2. The van der Waals surface area contributed by atoms with E-state index in [1.165, 1.54) is 44.0 Å². The van der Waals surface area contributed by atoms with E-state index >= 15 is 0 Å². The van der Waals surface area contributed by atoms with Crippen molar-refractivity contribution < 1.29 is 0 Å². The van der Waals surface area contributed by atoms with E-state index in [-0.39, 0.29) is 0 Å². The number of aromatic nitrogens is 4. The molecule has 46 heavy (non-hydrogen) atoms. The third-order valence-corrected chi connectivity index (χ3v) is 9.36. The lowest BCUT2D eigenvalue weighted by Crippen LogP contribution is -1.94. The van der Waals surface area contributed by atoms with E-state index in [9.17, 15) is 0 Å². The number of fused-ring (bicyclic) bond motifs is 10. The van der Waals surface area contributed by atoms with Gasteiger partial charge in [0.05, 0.1) is 33.1 Å². The van der Waals surface area contributed by atoms with Gasteiger partial charge < -0.3 is 9.13 Å². The second-order valence-corrected chi connectivity index (χ2v) is 11.9. The lowest BCUT2D eigenvalue weighted by molar-refractivity contribution is 1.18. The van der Waals surface area contributed by atoms with Gasteiger partial charge in [-0.1, -0.05) is 84.9 Å². The van der Waals surface area contributed by atoms with Crippen molar-refractivity contribution in [2.24, 2.45) is 0 Å². The predicted molar refractivity (Wildman–Crippen MR) is 191 cm³/mol. The monoisotopic (exact) mass is 586 g/mol. The van der Waals surface area contributed by atoms with Crippen LogP contribution in [0.4, 0.5) is 0 Å². The van der Waals surface area contributed by atoms with E-state index in [1.54, 1.807) is 0 Å². The summed E-state index contributed by atoms with van der Waals surface area (Å²) in [5.41, 5.74) is 11.3. The molecule has 0 spiro atoms. The summed E-state index contributed by atoms with van der Waals surface area (Å²) in [6, 6.07) is 51.8. The van der Waals surface area contributed by atoms with Gasteiger partial charge in [0.15, 0.2) is 0 Å². The Morgan fingerprint density at radius 2 is 0.761 bits per heavy atom. The van der Waals surface area contributed by atoms with E-state index < -0.39 is 0 Å². The fourth-order valence-electron chi connectivity index (χ4n) is 7.31. The third-order valence-electron chi connectivity index (χ3n) is 9.36. The van der Waals surface area contributed by atoms with Gasteiger partial charge >= 0.3 is 0 Å². The van der Waals surface area contributed by atoms with Crippen LogP contribution in [0, 0.1) is 0 Å². The molecule has 4 aromatic heterocycles. The molecule has 0 amide bonds. The minimum absolute atomic E-state index is 0.997. The van der Waals surface area contributed by atoms with Gasteiger partial charge in [0, 0.05) is 56.1 Å². The van der Waals surface area contributed by atoms with Crippen molar-refractivity contribution in [3.63, 3.8) is 0 Å². The lowest BCUT2D eigenvalue weighted by Gasteiger charge is -2.10. The Morgan fingerprint density at radius 3 is 1.22 bits per heavy atom. The maximum atomic E-state index is 4.88. The molecule has 0 fully saturated rings. The Bertz CT molecular complexity index is 2600. The van der Waals surface area contributed by atoms with Gasteiger partial charge in [0.2, 0.25) is 0 Å². The molecule has 214 valence electrons. The van der Waals surface area contributed by atoms with Crippen LogP contribution in [-0.2, 0) is 0 Å². The SMILES string of the molecule is c1ccc(-n2c3ccc(-c4ccc5c(c4)c4cnc6ccccc6c4n5-c4ccccc4)cc3c3cnc4ccccc4c32)cc1. The average molecular weight is 587 g/mol. The first-order valence-corrected chi connectivity index (χ1v) is 15.6. The smallest absolute Gasteiger partial charge is 0.0723 e. The van der Waals surface area contributed by atoms with Crippen LogP contribution in [0.25, 0.3) is 87.9 Å². The topological polar surface area (TPSA) is 35.6 Å². The highest BCUT2D eigenvalue weighted by molar-refractivity contribution is 6.20. The number of pyridine rings is 2. The first-order valence-electron chi connectivity index (χ1n) is 15.6. The molecule has 0 aliphatic carbocycles. The highest BCUT2D eigenvalue weighted by Crippen LogP contribution is 2.40. The molecular weight excluding hydrogens is 560 g/mol. The summed E-state index contributed by atoms with van der Waals surface area (Å²) in [4.78, 5) is 9.75. The maximum absolute atomic E-state index is 4.88. The second-order valence-electron chi connectivity index (χ2n) is 11.9. The van der Waals surface area contributed by atoms with E-state index in [2.05, 4.69) is 155 Å². The molecule has 0 atom stereocenters. The molecule has 10 rings (SSSR count). The average Bonchev–Trinajstić information content (AvgIpc) is 3.65. The van der Waals surface area contributed by atoms with Gasteiger partial charge in [-0.05, 0) is 71.8 Å². The Balaban J connectivity index is 1.25. The molecule has 0 bridgehead atoms. The molecular formula is C42H26N4. The molecule has 0 saturated heterocycles. The summed E-state index contributed by atoms with van der Waals surface area (Å²) in [6.07, 6.45) is 4.08. The van der Waals surface area contributed by atoms with Crippen molar-refractivity contribution in [1.82, 2.24) is 19.1 Å². The minimum Gasteiger partial charge on any atom is -0.309 e. The summed E-state index contributed by atoms with van der Waals surface area (Å²) in [5, 5.41) is 6.98. The molecule has 10 aromatic rings. The van der Waals surface area contributed by atoms with Gasteiger partial charge in [-0.2, -0.15) is 0 Å². The van der Waals surface area contributed by atoms with Gasteiger partial charge in [-0.3, -0.25) is 9.97 Å². The summed E-state index contributed by atoms with van der Waals surface area (Å²) in [5.74, 6) is 0. The van der Waals surface area contributed by atoms with Crippen LogP contribution in [0.2, 0.25) is 0 Å². The van der Waals surface area contributed by atoms with Gasteiger partial charge in [-0.25, -0.2) is 0 Å². The zero-order chi connectivity index (χ0) is 30.2. The van der Waals surface area contributed by atoms with Crippen molar-refractivity contribution >= 4 is 65.4 Å². The van der Waals surface area contributed by atoms with E-state index in [4.69, 9.17) is 9.97 Å². The number of benzene rings is 6. The van der Waals surface area contributed by atoms with Crippen LogP contribution in [0.15, 0.2) is 158 Å². The Hall–Kier alpha value is -6.26. The number of rotatable bonds is 3. The van der Waals surface area contributed by atoms with Crippen LogP contribution < -0.4 is 0 Å². The highest BCUT2D eigenvalue weighted by Gasteiger charge is 2.19. The van der Waals surface area contributed by atoms with Crippen LogP contribution in [0.1, 0.15) is 0 Å². The fraction of sp³-hybridized carbons (Fsp3) is 0. The molecule has 0 aliphatic rings. The summed E-state index contributed by atoms with van der Waals surface area (Å²) in [7, 11) is 0. The first-order chi connectivity index (χ1) is 22.8. The molecule has 0 aliphatic heterocycles. The molecule has 0 unspecified atom stereocenters. The molecule has 0 radical (unpaired) electrons. The standard InChI is InChI=1S/C42H26N4/c1-3-11-29(12-4-1)45-39-21-19-27(23-33(39)35-25-43-37-17-9-7-15-31(37)41(35)45)28-20-22-40-34(24-28)36-26-44-38-18-10-8-16-32(38)42(36)46(40)30-13-5-2-6-14-30/h1-26H. The Kier molecular flexibility index (Phi) is 5.25.